The van der Waals surface area contributed by atoms with Crippen molar-refractivity contribution in [2.24, 2.45) is 0 Å². The zero-order valence-corrected chi connectivity index (χ0v) is 11.2. The second-order valence-electron chi connectivity index (χ2n) is 3.92. The van der Waals surface area contributed by atoms with Gasteiger partial charge in [-0.25, -0.2) is 4.79 Å². The average molecular weight is 265 g/mol. The van der Waals surface area contributed by atoms with Crippen LogP contribution in [0.3, 0.4) is 0 Å². The lowest BCUT2D eigenvalue weighted by Crippen LogP contribution is -2.28. The van der Waals surface area contributed by atoms with Gasteiger partial charge < -0.3 is 15.4 Å². The number of hydrogen-bond acceptors (Lipinski definition) is 4. The Bertz CT molecular complexity index is 418. The van der Waals surface area contributed by atoms with Crippen LogP contribution >= 0.6 is 0 Å². The molecule has 1 aromatic rings. The van der Waals surface area contributed by atoms with E-state index in [-0.39, 0.29) is 12.5 Å². The molecule has 0 heterocycles. The molecule has 0 saturated carbocycles. The molecule has 6 nitrogen and oxygen atoms in total. The molecule has 0 aliphatic carbocycles. The van der Waals surface area contributed by atoms with Crippen LogP contribution in [-0.2, 0) is 9.53 Å². The van der Waals surface area contributed by atoms with Crippen LogP contribution in [0.2, 0.25) is 0 Å². The van der Waals surface area contributed by atoms with Crippen molar-refractivity contribution in [1.82, 2.24) is 5.32 Å². The zero-order valence-electron chi connectivity index (χ0n) is 11.2. The van der Waals surface area contributed by atoms with Crippen LogP contribution in [0.5, 0.6) is 0 Å². The highest BCUT2D eigenvalue weighted by Gasteiger charge is 2.03. The molecule has 1 aromatic carbocycles. The van der Waals surface area contributed by atoms with Gasteiger partial charge >= 0.3 is 6.09 Å². The predicted molar refractivity (Wildman–Crippen MR) is 74.3 cm³/mol. The first kappa shape index (κ1) is 15.0. The molecule has 0 atom stereocenters. The van der Waals surface area contributed by atoms with E-state index in [9.17, 15) is 9.59 Å². The van der Waals surface area contributed by atoms with Crippen LogP contribution in [0.4, 0.5) is 16.2 Å². The van der Waals surface area contributed by atoms with Gasteiger partial charge in [0.05, 0.1) is 13.7 Å². The average Bonchev–Trinajstić information content (AvgIpc) is 2.41. The summed E-state index contributed by atoms with van der Waals surface area (Å²) in [5, 5.41) is 8.29. The molecule has 0 fully saturated rings. The van der Waals surface area contributed by atoms with E-state index in [4.69, 9.17) is 0 Å². The van der Waals surface area contributed by atoms with Crippen LogP contribution in [-0.4, -0.2) is 32.2 Å². The summed E-state index contributed by atoms with van der Waals surface area (Å²) in [6, 6.07) is 6.80. The molecule has 6 heteroatoms. The van der Waals surface area contributed by atoms with Gasteiger partial charge in [-0.2, -0.15) is 0 Å². The Morgan fingerprint density at radius 2 is 1.68 bits per heavy atom. The van der Waals surface area contributed by atoms with Gasteiger partial charge in [-0.3, -0.25) is 10.1 Å². The highest BCUT2D eigenvalue weighted by atomic mass is 16.5. The Morgan fingerprint density at radius 1 is 1.11 bits per heavy atom. The third-order valence-electron chi connectivity index (χ3n) is 2.31. The van der Waals surface area contributed by atoms with E-state index in [1.165, 1.54) is 7.11 Å². The van der Waals surface area contributed by atoms with Gasteiger partial charge in [-0.15, -0.1) is 0 Å². The Morgan fingerprint density at radius 3 is 2.21 bits per heavy atom. The minimum atomic E-state index is -0.527. The molecule has 104 valence electrons. The minimum Gasteiger partial charge on any atom is -0.453 e. The minimum absolute atomic E-state index is 0.0953. The van der Waals surface area contributed by atoms with Gasteiger partial charge in [0, 0.05) is 11.4 Å². The normalized spacial score (nSPS) is 9.79. The lowest BCUT2D eigenvalue weighted by Gasteiger charge is -2.07. The molecule has 1 rings (SSSR count). The van der Waals surface area contributed by atoms with Crippen LogP contribution in [0.1, 0.15) is 13.3 Å². The van der Waals surface area contributed by atoms with E-state index in [2.05, 4.69) is 20.7 Å². The highest BCUT2D eigenvalue weighted by molar-refractivity contribution is 5.92. The summed E-state index contributed by atoms with van der Waals surface area (Å²) in [5.41, 5.74) is 1.28. The molecule has 0 saturated heterocycles. The third kappa shape index (κ3) is 5.87. The second kappa shape index (κ2) is 8.10. The van der Waals surface area contributed by atoms with Crippen molar-refractivity contribution >= 4 is 23.4 Å². The molecule has 3 N–H and O–H groups in total. The van der Waals surface area contributed by atoms with E-state index < -0.39 is 6.09 Å². The highest BCUT2D eigenvalue weighted by Crippen LogP contribution is 2.13. The predicted octanol–water partition coefficient (Wildman–Crippen LogP) is 1.80. The summed E-state index contributed by atoms with van der Waals surface area (Å²) in [5.74, 6) is -0.0953. The molecule has 0 unspecified atom stereocenters. The Hall–Kier alpha value is -2.08. The van der Waals surface area contributed by atoms with Gasteiger partial charge in [-0.05, 0) is 37.2 Å². The van der Waals surface area contributed by atoms with Crippen molar-refractivity contribution in [2.75, 3.05) is 30.8 Å². The number of hydrogen-bond donors (Lipinski definition) is 3. The van der Waals surface area contributed by atoms with E-state index in [0.717, 1.165) is 13.0 Å². The topological polar surface area (TPSA) is 79.5 Å². The fourth-order valence-corrected chi connectivity index (χ4v) is 1.39. The van der Waals surface area contributed by atoms with Gasteiger partial charge in [0.2, 0.25) is 5.91 Å². The Labute approximate surface area is 112 Å². The van der Waals surface area contributed by atoms with Crippen molar-refractivity contribution in [3.63, 3.8) is 0 Å². The molecule has 0 aliphatic heterocycles. The van der Waals surface area contributed by atoms with E-state index >= 15 is 0 Å². The van der Waals surface area contributed by atoms with Gasteiger partial charge in [0.15, 0.2) is 0 Å². The van der Waals surface area contributed by atoms with Crippen molar-refractivity contribution in [3.05, 3.63) is 24.3 Å². The maximum atomic E-state index is 11.5. The van der Waals surface area contributed by atoms with Gasteiger partial charge in [-0.1, -0.05) is 6.92 Å². The lowest BCUT2D eigenvalue weighted by molar-refractivity contribution is -0.115. The molecular weight excluding hydrogens is 246 g/mol. The van der Waals surface area contributed by atoms with Gasteiger partial charge in [0.25, 0.3) is 0 Å². The third-order valence-corrected chi connectivity index (χ3v) is 2.31. The standard InChI is InChI=1S/C13H19N3O3/c1-3-8-14-9-12(17)15-10-4-6-11(7-5-10)16-13(18)19-2/h4-7,14H,3,8-9H2,1-2H3,(H,15,17)(H,16,18). The monoisotopic (exact) mass is 265 g/mol. The van der Waals surface area contributed by atoms with Crippen molar-refractivity contribution in [3.8, 4) is 0 Å². The summed E-state index contributed by atoms with van der Waals surface area (Å²) in [4.78, 5) is 22.5. The molecule has 2 amide bonds. The number of amides is 2. The van der Waals surface area contributed by atoms with Gasteiger partial charge in [0.1, 0.15) is 0 Å². The van der Waals surface area contributed by atoms with Crippen LogP contribution in [0.25, 0.3) is 0 Å². The molecule has 0 spiro atoms. The summed E-state index contributed by atoms with van der Waals surface area (Å²) >= 11 is 0. The number of anilines is 2. The number of ether oxygens (including phenoxy) is 1. The Balaban J connectivity index is 2.43. The smallest absolute Gasteiger partial charge is 0.411 e. The van der Waals surface area contributed by atoms with E-state index in [1.54, 1.807) is 24.3 Å². The number of benzene rings is 1. The molecule has 0 radical (unpaired) electrons. The number of methoxy groups -OCH3 is 1. The lowest BCUT2D eigenvalue weighted by atomic mass is 10.3. The molecular formula is C13H19N3O3. The maximum Gasteiger partial charge on any atom is 0.411 e. The van der Waals surface area contributed by atoms with Crippen LogP contribution < -0.4 is 16.0 Å². The zero-order chi connectivity index (χ0) is 14.1. The quantitative estimate of drug-likeness (QED) is 0.685. The first-order chi connectivity index (χ1) is 9.15. The van der Waals surface area contributed by atoms with Crippen molar-refractivity contribution < 1.29 is 14.3 Å². The van der Waals surface area contributed by atoms with Crippen molar-refractivity contribution in [1.29, 1.82) is 0 Å². The molecule has 0 aromatic heterocycles. The molecule has 0 bridgehead atoms. The summed E-state index contributed by atoms with van der Waals surface area (Å²) < 4.78 is 4.48. The van der Waals surface area contributed by atoms with E-state index in [0.29, 0.717) is 11.4 Å². The van der Waals surface area contributed by atoms with Crippen LogP contribution in [0.15, 0.2) is 24.3 Å². The van der Waals surface area contributed by atoms with Crippen LogP contribution in [0, 0.1) is 0 Å². The number of nitrogens with one attached hydrogen (secondary N) is 3. The van der Waals surface area contributed by atoms with Crippen molar-refractivity contribution in [2.45, 2.75) is 13.3 Å². The number of carbonyl (C=O) groups is 2. The fraction of sp³-hybridized carbons (Fsp3) is 0.385. The van der Waals surface area contributed by atoms with E-state index in [1.807, 2.05) is 6.92 Å². The Kier molecular flexibility index (Phi) is 6.38. The number of rotatable bonds is 6. The summed E-state index contributed by atoms with van der Waals surface area (Å²) in [6.45, 7) is 3.14. The molecule has 19 heavy (non-hydrogen) atoms. The maximum absolute atomic E-state index is 11.5. The second-order valence-corrected chi connectivity index (χ2v) is 3.92. The fourth-order valence-electron chi connectivity index (χ4n) is 1.39. The molecule has 0 aliphatic rings. The SMILES string of the molecule is CCCNCC(=O)Nc1ccc(NC(=O)OC)cc1. The summed E-state index contributed by atoms with van der Waals surface area (Å²) in [6.07, 6.45) is 0.460. The largest absolute Gasteiger partial charge is 0.453 e. The first-order valence-corrected chi connectivity index (χ1v) is 6.11. The first-order valence-electron chi connectivity index (χ1n) is 6.11. The number of carbonyl (C=O) groups excluding carboxylic acids is 2. The summed E-state index contributed by atoms with van der Waals surface area (Å²) in [7, 11) is 1.30.